The van der Waals surface area contributed by atoms with Crippen molar-refractivity contribution in [3.63, 3.8) is 0 Å². The molecule has 0 heterocycles. The summed E-state index contributed by atoms with van der Waals surface area (Å²) in [6, 6.07) is -4.59. The summed E-state index contributed by atoms with van der Waals surface area (Å²) in [7, 11) is 0. The standard InChI is InChI=1S/C20H32O3/c21-19-17-15-13-11-9-7-5-3-1-2-4-6-8-10-12-14-16-18-20(22)23/h4,6,8,10,12,14,16,18,21H,1-3,5,7,9,11,13,15,17,19H2,(H,22,23)/i8D,10D,12D,14D,16D,18D. The van der Waals surface area contributed by atoms with Gasteiger partial charge in [-0.1, -0.05) is 87.4 Å². The molecule has 3 heteroatoms. The molecule has 0 aromatic rings. The lowest BCUT2D eigenvalue weighted by Crippen LogP contribution is -1.84. The Morgan fingerprint density at radius 3 is 1.91 bits per heavy atom. The summed E-state index contributed by atoms with van der Waals surface area (Å²) in [6.45, 7) is 0.271. The highest BCUT2D eigenvalue weighted by molar-refractivity contribution is 5.80. The first-order valence-electron chi connectivity index (χ1n) is 11.3. The molecule has 0 rings (SSSR count). The van der Waals surface area contributed by atoms with Crippen molar-refractivity contribution in [2.45, 2.75) is 64.2 Å². The van der Waals surface area contributed by atoms with E-state index in [1.807, 2.05) is 0 Å². The van der Waals surface area contributed by atoms with Crippen LogP contribution in [0.25, 0.3) is 0 Å². The molecule has 2 N–H and O–H groups in total. The largest absolute Gasteiger partial charge is 0.478 e. The third-order valence-corrected chi connectivity index (χ3v) is 3.16. The van der Waals surface area contributed by atoms with Gasteiger partial charge in [0.2, 0.25) is 0 Å². The Kier molecular flexibility index (Phi) is 10.2. The molecule has 0 saturated heterocycles. The van der Waals surface area contributed by atoms with Crippen LogP contribution in [0.2, 0.25) is 0 Å². The van der Waals surface area contributed by atoms with Gasteiger partial charge in [-0.05, 0) is 19.3 Å². The number of aliphatic carboxylic acids is 1. The number of aliphatic hydroxyl groups excluding tert-OH is 1. The van der Waals surface area contributed by atoms with Crippen molar-refractivity contribution in [1.29, 1.82) is 0 Å². The molecule has 0 aromatic carbocycles. The van der Waals surface area contributed by atoms with Gasteiger partial charge in [-0.15, -0.1) is 0 Å². The topological polar surface area (TPSA) is 57.5 Å². The SMILES string of the molecule is [2H]C(C=CCCCCCCCCCCCO)=C([2H])C([2H])=C([2H])C([2H])=C([2H])C(=O)O. The first-order valence-corrected chi connectivity index (χ1v) is 8.27. The van der Waals surface area contributed by atoms with E-state index in [1.165, 1.54) is 31.8 Å². The Morgan fingerprint density at radius 1 is 0.783 bits per heavy atom. The van der Waals surface area contributed by atoms with E-state index in [4.69, 9.17) is 18.4 Å². The number of unbranched alkanes of at least 4 members (excludes halogenated alkanes) is 9. The van der Waals surface area contributed by atoms with Gasteiger partial charge in [-0.25, -0.2) is 4.79 Å². The van der Waals surface area contributed by atoms with Crippen molar-refractivity contribution in [1.82, 2.24) is 0 Å². The molecule has 3 nitrogen and oxygen atoms in total. The lowest BCUT2D eigenvalue weighted by atomic mass is 10.1. The maximum atomic E-state index is 10.7. The van der Waals surface area contributed by atoms with Gasteiger partial charge in [-0.3, -0.25) is 0 Å². The van der Waals surface area contributed by atoms with Gasteiger partial charge in [0.1, 0.15) is 0 Å². The molecule has 0 spiro atoms. The van der Waals surface area contributed by atoms with Crippen molar-refractivity contribution in [2.24, 2.45) is 0 Å². The van der Waals surface area contributed by atoms with Gasteiger partial charge < -0.3 is 10.2 Å². The van der Waals surface area contributed by atoms with Crippen molar-refractivity contribution in [3.05, 3.63) is 48.5 Å². The van der Waals surface area contributed by atoms with E-state index in [2.05, 4.69) is 0 Å². The highest BCUT2D eigenvalue weighted by Gasteiger charge is 1.91. The predicted molar refractivity (Wildman–Crippen MR) is 97.5 cm³/mol. The minimum absolute atomic E-state index is 0.271. The number of carbonyl (C=O) groups is 1. The van der Waals surface area contributed by atoms with Crippen molar-refractivity contribution >= 4 is 5.97 Å². The zero-order valence-corrected chi connectivity index (χ0v) is 13.7. The molecule has 23 heavy (non-hydrogen) atoms. The molecule has 0 aliphatic rings. The fourth-order valence-corrected chi connectivity index (χ4v) is 1.98. The minimum atomic E-state index is -1.68. The van der Waals surface area contributed by atoms with Crippen LogP contribution in [0.3, 0.4) is 0 Å². The van der Waals surface area contributed by atoms with Gasteiger partial charge in [0.15, 0.2) is 0 Å². The Labute approximate surface area is 149 Å². The van der Waals surface area contributed by atoms with Crippen molar-refractivity contribution < 1.29 is 23.2 Å². The van der Waals surface area contributed by atoms with E-state index in [0.717, 1.165) is 38.5 Å². The maximum absolute atomic E-state index is 10.7. The third kappa shape index (κ3) is 20.4. The second-order valence-corrected chi connectivity index (χ2v) is 5.17. The minimum Gasteiger partial charge on any atom is -0.478 e. The van der Waals surface area contributed by atoms with Crippen LogP contribution in [0.1, 0.15) is 72.4 Å². The normalized spacial score (nSPS) is 18.7. The molecule has 0 aromatic heterocycles. The molecular formula is C20H32O3. The fourth-order valence-electron chi connectivity index (χ4n) is 1.98. The summed E-state index contributed by atoms with van der Waals surface area (Å²) < 4.78 is 45.4. The third-order valence-electron chi connectivity index (χ3n) is 3.16. The Hall–Kier alpha value is -1.61. The van der Waals surface area contributed by atoms with Crippen LogP contribution in [0.5, 0.6) is 0 Å². The quantitative estimate of drug-likeness (QED) is 0.247. The van der Waals surface area contributed by atoms with E-state index >= 15 is 0 Å². The summed E-state index contributed by atoms with van der Waals surface area (Å²) >= 11 is 0. The van der Waals surface area contributed by atoms with E-state index in [-0.39, 0.29) is 12.7 Å². The highest BCUT2D eigenvalue weighted by Crippen LogP contribution is 2.10. The number of hydrogen-bond acceptors (Lipinski definition) is 2. The lowest BCUT2D eigenvalue weighted by molar-refractivity contribution is -0.131. The Balaban J connectivity index is 4.39. The molecule has 0 aliphatic carbocycles. The number of carboxylic acids is 1. The van der Waals surface area contributed by atoms with Crippen molar-refractivity contribution in [3.8, 4) is 0 Å². The van der Waals surface area contributed by atoms with E-state index < -0.39 is 36.2 Å². The second-order valence-electron chi connectivity index (χ2n) is 5.17. The molecule has 0 aliphatic heterocycles. The second kappa shape index (κ2) is 18.4. The highest BCUT2D eigenvalue weighted by atomic mass is 16.4. The Bertz CT molecular complexity index is 638. The smallest absolute Gasteiger partial charge is 0.328 e. The van der Waals surface area contributed by atoms with Crippen molar-refractivity contribution in [2.75, 3.05) is 6.61 Å². The van der Waals surface area contributed by atoms with Crippen LogP contribution in [0, 0.1) is 0 Å². The van der Waals surface area contributed by atoms with Gasteiger partial charge in [0, 0.05) is 12.7 Å². The number of carboxylic acid groups (broad SMARTS) is 1. The molecule has 0 fully saturated rings. The van der Waals surface area contributed by atoms with Crippen LogP contribution < -0.4 is 0 Å². The summed E-state index contributed by atoms with van der Waals surface area (Å²) in [5.41, 5.74) is 0. The molecule has 0 atom stereocenters. The van der Waals surface area contributed by atoms with Gasteiger partial charge in [0.25, 0.3) is 0 Å². The molecule has 130 valence electrons. The number of hydrogen-bond donors (Lipinski definition) is 2. The lowest BCUT2D eigenvalue weighted by Gasteiger charge is -2.00. The first kappa shape index (κ1) is 12.8. The monoisotopic (exact) mass is 326 g/mol. The van der Waals surface area contributed by atoms with Crippen LogP contribution in [0.15, 0.2) is 48.5 Å². The molecule has 0 saturated carbocycles. The van der Waals surface area contributed by atoms with Crippen LogP contribution >= 0.6 is 0 Å². The summed E-state index contributed by atoms with van der Waals surface area (Å²) in [5.74, 6) is -1.68. The fraction of sp³-hybridized carbons (Fsp3) is 0.550. The summed E-state index contributed by atoms with van der Waals surface area (Å²) in [6.07, 6.45) is 13.7. The zero-order chi connectivity index (χ0) is 22.2. The molecule has 0 radical (unpaired) electrons. The van der Waals surface area contributed by atoms with Gasteiger partial charge in [0.05, 0.1) is 8.22 Å². The molecular weight excluding hydrogens is 288 g/mol. The first-order chi connectivity index (χ1) is 13.7. The molecule has 0 unspecified atom stereocenters. The summed E-state index contributed by atoms with van der Waals surface area (Å²) in [4.78, 5) is 10.7. The average molecular weight is 327 g/mol. The van der Waals surface area contributed by atoms with Crippen LogP contribution in [-0.2, 0) is 4.79 Å². The maximum Gasteiger partial charge on any atom is 0.328 e. The van der Waals surface area contributed by atoms with Crippen LogP contribution in [-0.4, -0.2) is 22.8 Å². The summed E-state index contributed by atoms with van der Waals surface area (Å²) in [5, 5.41) is 17.4. The zero-order valence-electron chi connectivity index (χ0n) is 19.7. The van der Waals surface area contributed by atoms with Gasteiger partial charge >= 0.3 is 5.97 Å². The average Bonchev–Trinajstić information content (AvgIpc) is 2.71. The molecule has 0 bridgehead atoms. The van der Waals surface area contributed by atoms with Crippen LogP contribution in [0.4, 0.5) is 0 Å². The molecule has 0 amide bonds. The van der Waals surface area contributed by atoms with E-state index in [0.29, 0.717) is 0 Å². The number of rotatable bonds is 15. The van der Waals surface area contributed by atoms with E-state index in [9.17, 15) is 4.79 Å². The number of aliphatic hydroxyl groups is 1. The van der Waals surface area contributed by atoms with Gasteiger partial charge in [-0.2, -0.15) is 0 Å². The number of allylic oxidation sites excluding steroid dienone is 7. The Morgan fingerprint density at radius 2 is 1.30 bits per heavy atom. The van der Waals surface area contributed by atoms with E-state index in [1.54, 1.807) is 6.08 Å². The predicted octanol–water partition coefficient (Wildman–Crippen LogP) is 5.19.